The van der Waals surface area contributed by atoms with Crippen LogP contribution in [0.2, 0.25) is 5.02 Å². The second kappa shape index (κ2) is 6.47. The van der Waals surface area contributed by atoms with Crippen molar-refractivity contribution in [1.82, 2.24) is 4.90 Å². The van der Waals surface area contributed by atoms with Gasteiger partial charge in [0.1, 0.15) is 11.6 Å². The lowest BCUT2D eigenvalue weighted by molar-refractivity contribution is 0.0737. The number of aliphatic hydroxyl groups excluding tert-OH is 1. The summed E-state index contributed by atoms with van der Waals surface area (Å²) in [6.07, 6.45) is 1.43. The number of carbonyl (C=O) groups is 1. The summed E-state index contributed by atoms with van der Waals surface area (Å²) < 4.78 is 26.8. The molecule has 0 fully saturated rings. The number of nitrogens with zero attached hydrogens (tertiary/aromatic N) is 1. The molecule has 98 valence electrons. The maximum Gasteiger partial charge on any atom is 0.257 e. The molecule has 1 rings (SSSR count). The predicted octanol–water partition coefficient (Wildman–Crippen LogP) is 2.24. The molecule has 0 atom stereocenters. The zero-order chi connectivity index (χ0) is 13.7. The van der Waals surface area contributed by atoms with E-state index in [1.54, 1.807) is 0 Å². The molecule has 1 amide bonds. The van der Waals surface area contributed by atoms with Gasteiger partial charge in [-0.1, -0.05) is 17.7 Å². The molecule has 18 heavy (non-hydrogen) atoms. The third-order valence-corrected chi connectivity index (χ3v) is 2.54. The Morgan fingerprint density at radius 1 is 1.44 bits per heavy atom. The van der Waals surface area contributed by atoms with Crippen molar-refractivity contribution in [1.29, 1.82) is 0 Å². The van der Waals surface area contributed by atoms with Gasteiger partial charge in [-0.15, -0.1) is 6.58 Å². The molecule has 0 bridgehead atoms. The average Bonchev–Trinajstić information content (AvgIpc) is 2.33. The number of hydrogen-bond donors (Lipinski definition) is 1. The first kappa shape index (κ1) is 14.6. The van der Waals surface area contributed by atoms with Gasteiger partial charge < -0.3 is 10.0 Å². The highest BCUT2D eigenvalue weighted by Gasteiger charge is 2.20. The van der Waals surface area contributed by atoms with Gasteiger partial charge in [0, 0.05) is 13.1 Å². The summed E-state index contributed by atoms with van der Waals surface area (Å²) in [6.45, 7) is 3.30. The highest BCUT2D eigenvalue weighted by Crippen LogP contribution is 2.20. The maximum absolute atomic E-state index is 13.5. The summed E-state index contributed by atoms with van der Waals surface area (Å²) in [7, 11) is 0. The minimum absolute atomic E-state index is 0.00847. The van der Waals surface area contributed by atoms with Crippen molar-refractivity contribution in [3.05, 3.63) is 47.0 Å². The van der Waals surface area contributed by atoms with E-state index in [0.29, 0.717) is 0 Å². The van der Waals surface area contributed by atoms with Crippen molar-refractivity contribution >= 4 is 17.5 Å². The van der Waals surface area contributed by atoms with Crippen molar-refractivity contribution in [2.24, 2.45) is 0 Å². The zero-order valence-electron chi connectivity index (χ0n) is 9.50. The normalized spacial score (nSPS) is 10.2. The predicted molar refractivity (Wildman–Crippen MR) is 64.6 cm³/mol. The zero-order valence-corrected chi connectivity index (χ0v) is 10.3. The molecule has 0 aliphatic rings. The van der Waals surface area contributed by atoms with Gasteiger partial charge in [-0.3, -0.25) is 4.79 Å². The van der Waals surface area contributed by atoms with Crippen LogP contribution in [-0.2, 0) is 0 Å². The third-order valence-electron chi connectivity index (χ3n) is 2.25. The maximum atomic E-state index is 13.5. The van der Waals surface area contributed by atoms with Crippen LogP contribution < -0.4 is 0 Å². The molecule has 0 saturated heterocycles. The summed E-state index contributed by atoms with van der Waals surface area (Å²) in [6, 6.07) is 1.49. The van der Waals surface area contributed by atoms with Crippen molar-refractivity contribution in [2.45, 2.75) is 0 Å². The van der Waals surface area contributed by atoms with Crippen LogP contribution in [0.4, 0.5) is 8.78 Å². The van der Waals surface area contributed by atoms with Crippen LogP contribution in [0.1, 0.15) is 10.4 Å². The highest BCUT2D eigenvalue weighted by molar-refractivity contribution is 6.30. The number of rotatable bonds is 5. The third kappa shape index (κ3) is 3.27. The van der Waals surface area contributed by atoms with Crippen LogP contribution in [-0.4, -0.2) is 35.6 Å². The molecular weight excluding hydrogens is 264 g/mol. The van der Waals surface area contributed by atoms with E-state index in [0.717, 1.165) is 17.0 Å². The molecule has 0 spiro atoms. The summed E-state index contributed by atoms with van der Waals surface area (Å²) in [5.74, 6) is -2.50. The largest absolute Gasteiger partial charge is 0.395 e. The van der Waals surface area contributed by atoms with Gasteiger partial charge in [-0.05, 0) is 12.1 Å². The average molecular weight is 276 g/mol. The smallest absolute Gasteiger partial charge is 0.257 e. The minimum atomic E-state index is -0.904. The Balaban J connectivity index is 3.07. The molecule has 0 unspecified atom stereocenters. The molecule has 0 aromatic heterocycles. The Morgan fingerprint density at radius 3 is 2.67 bits per heavy atom. The summed E-state index contributed by atoms with van der Waals surface area (Å²) >= 11 is 5.40. The lowest BCUT2D eigenvalue weighted by Gasteiger charge is -2.20. The Morgan fingerprint density at radius 2 is 2.11 bits per heavy atom. The van der Waals surface area contributed by atoms with E-state index >= 15 is 0 Å². The first-order chi connectivity index (χ1) is 8.51. The Kier molecular flexibility index (Phi) is 5.25. The second-order valence-corrected chi connectivity index (χ2v) is 3.92. The molecule has 0 heterocycles. The van der Waals surface area contributed by atoms with E-state index < -0.39 is 23.1 Å². The fraction of sp³-hybridized carbons (Fsp3) is 0.250. The van der Waals surface area contributed by atoms with Crippen LogP contribution in [0.25, 0.3) is 0 Å². The number of amides is 1. The van der Waals surface area contributed by atoms with Gasteiger partial charge in [0.05, 0.1) is 17.2 Å². The van der Waals surface area contributed by atoms with Gasteiger partial charge in [-0.25, -0.2) is 8.78 Å². The number of aliphatic hydroxyl groups is 1. The van der Waals surface area contributed by atoms with Crippen molar-refractivity contribution in [3.63, 3.8) is 0 Å². The van der Waals surface area contributed by atoms with Crippen LogP contribution in [0, 0.1) is 11.6 Å². The summed E-state index contributed by atoms with van der Waals surface area (Å²) in [4.78, 5) is 13.1. The Hall–Kier alpha value is -1.46. The molecule has 1 aromatic carbocycles. The lowest BCUT2D eigenvalue weighted by atomic mass is 10.1. The quantitative estimate of drug-likeness (QED) is 0.661. The van der Waals surface area contributed by atoms with E-state index in [2.05, 4.69) is 6.58 Å². The Labute approximate surface area is 108 Å². The molecule has 6 heteroatoms. The monoisotopic (exact) mass is 275 g/mol. The Bertz CT molecular complexity index is 466. The van der Waals surface area contributed by atoms with Crippen molar-refractivity contribution in [3.8, 4) is 0 Å². The van der Waals surface area contributed by atoms with E-state index in [-0.39, 0.29) is 24.7 Å². The number of carbonyl (C=O) groups excluding carboxylic acids is 1. The molecule has 3 nitrogen and oxygen atoms in total. The molecule has 1 aromatic rings. The molecular formula is C12H12ClF2NO2. The van der Waals surface area contributed by atoms with Crippen molar-refractivity contribution in [2.75, 3.05) is 19.7 Å². The summed E-state index contributed by atoms with van der Waals surface area (Å²) in [5, 5.41) is 8.42. The number of hydrogen-bond acceptors (Lipinski definition) is 2. The molecule has 0 aliphatic carbocycles. The van der Waals surface area contributed by atoms with Gasteiger partial charge in [0.25, 0.3) is 5.91 Å². The lowest BCUT2D eigenvalue weighted by Crippen LogP contribution is -2.34. The van der Waals surface area contributed by atoms with Crippen molar-refractivity contribution < 1.29 is 18.7 Å². The SMILES string of the molecule is C=CCN(CCO)C(=O)c1cc(F)c(Cl)cc1F. The highest BCUT2D eigenvalue weighted by atomic mass is 35.5. The van der Waals surface area contributed by atoms with Gasteiger partial charge in [0.15, 0.2) is 0 Å². The molecule has 0 aliphatic heterocycles. The number of halogens is 3. The van der Waals surface area contributed by atoms with E-state index in [4.69, 9.17) is 16.7 Å². The fourth-order valence-electron chi connectivity index (χ4n) is 1.41. The van der Waals surface area contributed by atoms with E-state index in [1.807, 2.05) is 0 Å². The van der Waals surface area contributed by atoms with Crippen LogP contribution in [0.3, 0.4) is 0 Å². The van der Waals surface area contributed by atoms with Gasteiger partial charge in [-0.2, -0.15) is 0 Å². The molecule has 0 saturated carbocycles. The second-order valence-electron chi connectivity index (χ2n) is 3.51. The molecule has 0 radical (unpaired) electrons. The van der Waals surface area contributed by atoms with E-state index in [9.17, 15) is 13.6 Å². The van der Waals surface area contributed by atoms with Gasteiger partial charge >= 0.3 is 0 Å². The first-order valence-corrected chi connectivity index (χ1v) is 5.54. The molecule has 1 N–H and O–H groups in total. The van der Waals surface area contributed by atoms with Crippen LogP contribution >= 0.6 is 11.6 Å². The standard InChI is InChI=1S/C12H12ClF2NO2/c1-2-3-16(4-5-17)12(18)8-6-11(15)9(13)7-10(8)14/h2,6-7,17H,1,3-5H2. The topological polar surface area (TPSA) is 40.5 Å². The summed E-state index contributed by atoms with van der Waals surface area (Å²) in [5.41, 5.74) is -0.424. The van der Waals surface area contributed by atoms with Crippen LogP contribution in [0.5, 0.6) is 0 Å². The number of benzene rings is 1. The van der Waals surface area contributed by atoms with Gasteiger partial charge in [0.2, 0.25) is 0 Å². The van der Waals surface area contributed by atoms with E-state index in [1.165, 1.54) is 6.08 Å². The minimum Gasteiger partial charge on any atom is -0.395 e. The fourth-order valence-corrected chi connectivity index (χ4v) is 1.56. The van der Waals surface area contributed by atoms with Crippen LogP contribution in [0.15, 0.2) is 24.8 Å². The first-order valence-electron chi connectivity index (χ1n) is 5.16.